The van der Waals surface area contributed by atoms with Crippen LogP contribution in [0.25, 0.3) is 10.9 Å². The van der Waals surface area contributed by atoms with Crippen LogP contribution >= 0.6 is 0 Å². The van der Waals surface area contributed by atoms with Crippen molar-refractivity contribution < 1.29 is 4.79 Å². The maximum atomic E-state index is 12.0. The minimum atomic E-state index is 0.126. The van der Waals surface area contributed by atoms with Crippen LogP contribution in [0.4, 0.5) is 0 Å². The SMILES string of the molecule is CC(C)CC(=O)c1c[nH]c2ccc(C#N)cc12. The number of aromatic amines is 1. The first-order chi connectivity index (χ1) is 8.11. The van der Waals surface area contributed by atoms with Gasteiger partial charge in [0, 0.05) is 29.1 Å². The van der Waals surface area contributed by atoms with Crippen molar-refractivity contribution in [1.82, 2.24) is 4.98 Å². The molecule has 0 spiro atoms. The molecule has 0 saturated heterocycles. The number of ketones is 1. The van der Waals surface area contributed by atoms with Crippen LogP contribution in [0.5, 0.6) is 0 Å². The van der Waals surface area contributed by atoms with Crippen LogP contribution in [0.2, 0.25) is 0 Å². The number of Topliss-reactive ketones (excluding diaryl/α,β-unsaturated/α-hetero) is 1. The molecular formula is C14H14N2O. The largest absolute Gasteiger partial charge is 0.360 e. The molecule has 1 aromatic heterocycles. The van der Waals surface area contributed by atoms with Gasteiger partial charge < -0.3 is 4.98 Å². The molecule has 0 bridgehead atoms. The van der Waals surface area contributed by atoms with Crippen LogP contribution < -0.4 is 0 Å². The Balaban J connectivity index is 2.48. The molecule has 1 aromatic carbocycles. The summed E-state index contributed by atoms with van der Waals surface area (Å²) in [5, 5.41) is 9.71. The zero-order valence-corrected chi connectivity index (χ0v) is 9.95. The second kappa shape index (κ2) is 4.42. The second-order valence-electron chi connectivity index (χ2n) is 4.60. The van der Waals surface area contributed by atoms with Crippen molar-refractivity contribution >= 4 is 16.7 Å². The average molecular weight is 226 g/mol. The zero-order valence-electron chi connectivity index (χ0n) is 9.95. The fourth-order valence-electron chi connectivity index (χ4n) is 1.90. The van der Waals surface area contributed by atoms with Crippen LogP contribution in [0, 0.1) is 17.2 Å². The van der Waals surface area contributed by atoms with Crippen molar-refractivity contribution in [1.29, 1.82) is 5.26 Å². The summed E-state index contributed by atoms with van der Waals surface area (Å²) < 4.78 is 0. The summed E-state index contributed by atoms with van der Waals surface area (Å²) in [6, 6.07) is 7.43. The molecule has 0 saturated carbocycles. The van der Waals surface area contributed by atoms with E-state index in [1.54, 1.807) is 18.3 Å². The third kappa shape index (κ3) is 2.21. The summed E-state index contributed by atoms with van der Waals surface area (Å²) >= 11 is 0. The number of rotatable bonds is 3. The lowest BCUT2D eigenvalue weighted by Crippen LogP contribution is -2.02. The summed E-state index contributed by atoms with van der Waals surface area (Å²) in [4.78, 5) is 15.1. The van der Waals surface area contributed by atoms with E-state index in [-0.39, 0.29) is 5.78 Å². The number of carbonyl (C=O) groups is 1. The smallest absolute Gasteiger partial charge is 0.165 e. The number of fused-ring (bicyclic) bond motifs is 1. The Morgan fingerprint density at radius 3 is 2.88 bits per heavy atom. The molecular weight excluding hydrogens is 212 g/mol. The number of hydrogen-bond acceptors (Lipinski definition) is 2. The van der Waals surface area contributed by atoms with Gasteiger partial charge in [-0.2, -0.15) is 5.26 Å². The van der Waals surface area contributed by atoms with Crippen molar-refractivity contribution in [2.24, 2.45) is 5.92 Å². The van der Waals surface area contributed by atoms with Crippen LogP contribution in [-0.4, -0.2) is 10.8 Å². The summed E-state index contributed by atoms with van der Waals surface area (Å²) in [6.45, 7) is 4.04. The first kappa shape index (κ1) is 11.4. The Kier molecular flexibility index (Phi) is 2.97. The van der Waals surface area contributed by atoms with E-state index in [9.17, 15) is 4.79 Å². The number of nitrogens with zero attached hydrogens (tertiary/aromatic N) is 1. The Morgan fingerprint density at radius 1 is 1.47 bits per heavy atom. The van der Waals surface area contributed by atoms with Crippen LogP contribution in [-0.2, 0) is 0 Å². The molecule has 0 unspecified atom stereocenters. The number of hydrogen-bond donors (Lipinski definition) is 1. The van der Waals surface area contributed by atoms with Gasteiger partial charge in [0.25, 0.3) is 0 Å². The normalized spacial score (nSPS) is 10.7. The number of aromatic nitrogens is 1. The number of nitriles is 1. The molecule has 2 aromatic rings. The molecule has 0 radical (unpaired) electrons. The Morgan fingerprint density at radius 2 is 2.24 bits per heavy atom. The number of benzene rings is 1. The topological polar surface area (TPSA) is 56.6 Å². The lowest BCUT2D eigenvalue weighted by Gasteiger charge is -2.02. The predicted octanol–water partition coefficient (Wildman–Crippen LogP) is 3.27. The van der Waals surface area contributed by atoms with Gasteiger partial charge in [-0.15, -0.1) is 0 Å². The van der Waals surface area contributed by atoms with Gasteiger partial charge in [-0.1, -0.05) is 13.8 Å². The standard InChI is InChI=1S/C14H14N2O/c1-9(2)5-14(17)12-8-16-13-4-3-10(7-15)6-11(12)13/h3-4,6,8-9,16H,5H2,1-2H3. The lowest BCUT2D eigenvalue weighted by molar-refractivity contribution is 0.0969. The number of H-pyrrole nitrogens is 1. The minimum Gasteiger partial charge on any atom is -0.360 e. The average Bonchev–Trinajstić information content (AvgIpc) is 2.70. The van der Waals surface area contributed by atoms with Gasteiger partial charge in [0.1, 0.15) is 0 Å². The van der Waals surface area contributed by atoms with E-state index in [2.05, 4.69) is 11.1 Å². The van der Waals surface area contributed by atoms with Gasteiger partial charge >= 0.3 is 0 Å². The van der Waals surface area contributed by atoms with Gasteiger partial charge in [-0.25, -0.2) is 0 Å². The van der Waals surface area contributed by atoms with Gasteiger partial charge in [-0.3, -0.25) is 4.79 Å². The van der Waals surface area contributed by atoms with E-state index in [1.807, 2.05) is 19.9 Å². The molecule has 3 nitrogen and oxygen atoms in total. The molecule has 86 valence electrons. The van der Waals surface area contributed by atoms with E-state index in [1.165, 1.54) is 0 Å². The highest BCUT2D eigenvalue weighted by Gasteiger charge is 2.13. The Bertz CT molecular complexity index is 602. The van der Waals surface area contributed by atoms with Crippen molar-refractivity contribution in [3.63, 3.8) is 0 Å². The quantitative estimate of drug-likeness (QED) is 0.816. The van der Waals surface area contributed by atoms with E-state index in [4.69, 9.17) is 5.26 Å². The third-order valence-electron chi connectivity index (χ3n) is 2.70. The first-order valence-electron chi connectivity index (χ1n) is 5.66. The van der Waals surface area contributed by atoms with Crippen LogP contribution in [0.3, 0.4) is 0 Å². The molecule has 0 aliphatic heterocycles. The molecule has 0 aliphatic carbocycles. The molecule has 3 heteroatoms. The molecule has 1 N–H and O–H groups in total. The second-order valence-corrected chi connectivity index (χ2v) is 4.60. The molecule has 2 rings (SSSR count). The lowest BCUT2D eigenvalue weighted by atomic mass is 10.00. The highest BCUT2D eigenvalue weighted by atomic mass is 16.1. The highest BCUT2D eigenvalue weighted by molar-refractivity contribution is 6.08. The third-order valence-corrected chi connectivity index (χ3v) is 2.70. The molecule has 1 heterocycles. The zero-order chi connectivity index (χ0) is 12.4. The Labute approximate surface area is 100 Å². The Hall–Kier alpha value is -2.08. The molecule has 0 atom stereocenters. The van der Waals surface area contributed by atoms with Gasteiger partial charge in [0.15, 0.2) is 5.78 Å². The molecule has 0 fully saturated rings. The van der Waals surface area contributed by atoms with Crippen molar-refractivity contribution in [3.05, 3.63) is 35.5 Å². The monoisotopic (exact) mass is 226 g/mol. The predicted molar refractivity (Wildman–Crippen MR) is 66.8 cm³/mol. The maximum absolute atomic E-state index is 12.0. The number of carbonyl (C=O) groups excluding carboxylic acids is 1. The number of nitrogens with one attached hydrogen (secondary N) is 1. The van der Waals surface area contributed by atoms with Gasteiger partial charge in [0.05, 0.1) is 11.6 Å². The first-order valence-corrected chi connectivity index (χ1v) is 5.66. The van der Waals surface area contributed by atoms with Crippen molar-refractivity contribution in [3.8, 4) is 6.07 Å². The van der Waals surface area contributed by atoms with Crippen LogP contribution in [0.1, 0.15) is 36.2 Å². The molecule has 0 amide bonds. The van der Waals surface area contributed by atoms with E-state index >= 15 is 0 Å². The summed E-state index contributed by atoms with van der Waals surface area (Å²) in [5.74, 6) is 0.466. The summed E-state index contributed by atoms with van der Waals surface area (Å²) in [6.07, 6.45) is 2.26. The summed E-state index contributed by atoms with van der Waals surface area (Å²) in [7, 11) is 0. The van der Waals surface area contributed by atoms with Crippen molar-refractivity contribution in [2.75, 3.05) is 0 Å². The van der Waals surface area contributed by atoms with Gasteiger partial charge in [-0.05, 0) is 24.1 Å². The molecule has 17 heavy (non-hydrogen) atoms. The van der Waals surface area contributed by atoms with Crippen LogP contribution in [0.15, 0.2) is 24.4 Å². The van der Waals surface area contributed by atoms with E-state index in [0.717, 1.165) is 10.9 Å². The van der Waals surface area contributed by atoms with E-state index < -0.39 is 0 Å². The fourth-order valence-corrected chi connectivity index (χ4v) is 1.90. The summed E-state index contributed by atoms with van der Waals surface area (Å²) in [5.41, 5.74) is 2.16. The highest BCUT2D eigenvalue weighted by Crippen LogP contribution is 2.22. The fraction of sp³-hybridized carbons (Fsp3) is 0.286. The molecule has 0 aliphatic rings. The van der Waals surface area contributed by atoms with Crippen molar-refractivity contribution in [2.45, 2.75) is 20.3 Å². The minimum absolute atomic E-state index is 0.126. The van der Waals surface area contributed by atoms with E-state index in [0.29, 0.717) is 23.5 Å². The maximum Gasteiger partial charge on any atom is 0.165 e. The van der Waals surface area contributed by atoms with Gasteiger partial charge in [0.2, 0.25) is 0 Å².